The molecule has 146 valence electrons. The molecule has 2 rings (SSSR count). The highest BCUT2D eigenvalue weighted by Gasteiger charge is 2.24. The van der Waals surface area contributed by atoms with Crippen LogP contribution in [0.25, 0.3) is 0 Å². The molecule has 0 bridgehead atoms. The molecule has 0 aliphatic heterocycles. The van der Waals surface area contributed by atoms with Gasteiger partial charge in [-0.15, -0.1) is 0 Å². The predicted molar refractivity (Wildman–Crippen MR) is 106 cm³/mol. The zero-order valence-corrected chi connectivity index (χ0v) is 16.6. The molecule has 0 aliphatic rings. The van der Waals surface area contributed by atoms with Crippen molar-refractivity contribution in [3.63, 3.8) is 0 Å². The number of aromatic hydroxyl groups is 2. The monoisotopic (exact) mass is 391 g/mol. The first-order chi connectivity index (χ1) is 12.4. The maximum Gasteiger partial charge on any atom is 0.223 e. The molecule has 27 heavy (non-hydrogen) atoms. The Balaban J connectivity index is 2.46. The third-order valence-electron chi connectivity index (χ3n) is 4.26. The molecule has 6 N–H and O–H groups in total. The zero-order chi connectivity index (χ0) is 20.6. The molecule has 0 spiro atoms. The van der Waals surface area contributed by atoms with E-state index in [1.165, 1.54) is 37.3 Å². The number of hydrogen-bond donors (Lipinski definition) is 4. The summed E-state index contributed by atoms with van der Waals surface area (Å²) in [5, 5.41) is 20.0. The van der Waals surface area contributed by atoms with E-state index in [1.54, 1.807) is 12.1 Å². The standard InChI is InChI=1S/C19H25N3O4S/c1-12(22(21)16-11-14(23)7-10-17(16)24)18(20)27(25,26)15-8-5-13(6-9-15)19(2,3)4/h5-11,23-24H,20-21H2,1-4H3/b18-12+. The summed E-state index contributed by atoms with van der Waals surface area (Å²) in [5.41, 5.74) is 6.82. The summed E-state index contributed by atoms with van der Waals surface area (Å²) in [5.74, 6) is 5.56. The number of rotatable bonds is 4. The third kappa shape index (κ3) is 4.17. The molecule has 8 heteroatoms. The summed E-state index contributed by atoms with van der Waals surface area (Å²) in [6.45, 7) is 7.51. The van der Waals surface area contributed by atoms with Gasteiger partial charge in [0.15, 0.2) is 5.03 Å². The van der Waals surface area contributed by atoms with Gasteiger partial charge in [-0.1, -0.05) is 32.9 Å². The Hall–Kier alpha value is -2.71. The Morgan fingerprint density at radius 1 is 1.04 bits per heavy atom. The highest BCUT2D eigenvalue weighted by Crippen LogP contribution is 2.32. The summed E-state index contributed by atoms with van der Waals surface area (Å²) < 4.78 is 25.7. The van der Waals surface area contributed by atoms with E-state index >= 15 is 0 Å². The van der Waals surface area contributed by atoms with Gasteiger partial charge in [-0.05, 0) is 42.2 Å². The van der Waals surface area contributed by atoms with Crippen molar-refractivity contribution in [3.8, 4) is 11.5 Å². The fourth-order valence-electron chi connectivity index (χ4n) is 2.46. The highest BCUT2D eigenvalue weighted by molar-refractivity contribution is 7.95. The van der Waals surface area contributed by atoms with Crippen molar-refractivity contribution in [1.29, 1.82) is 0 Å². The lowest BCUT2D eigenvalue weighted by atomic mass is 9.87. The number of allylic oxidation sites excluding steroid dienone is 1. The summed E-state index contributed by atoms with van der Waals surface area (Å²) >= 11 is 0. The number of hydrogen-bond acceptors (Lipinski definition) is 7. The van der Waals surface area contributed by atoms with Crippen LogP contribution >= 0.6 is 0 Å². The van der Waals surface area contributed by atoms with Crippen LogP contribution in [0.2, 0.25) is 0 Å². The number of anilines is 1. The van der Waals surface area contributed by atoms with Crippen molar-refractivity contribution >= 4 is 15.5 Å². The molecule has 0 radical (unpaired) electrons. The molecule has 2 aromatic carbocycles. The lowest BCUT2D eigenvalue weighted by molar-refractivity contribution is 0.460. The molecule has 0 amide bonds. The van der Waals surface area contributed by atoms with Crippen LogP contribution in [-0.2, 0) is 15.3 Å². The van der Waals surface area contributed by atoms with Crippen molar-refractivity contribution in [1.82, 2.24) is 0 Å². The van der Waals surface area contributed by atoms with Crippen LogP contribution in [0.15, 0.2) is 58.1 Å². The van der Waals surface area contributed by atoms with E-state index in [4.69, 9.17) is 11.6 Å². The van der Waals surface area contributed by atoms with E-state index in [0.29, 0.717) is 0 Å². The lowest BCUT2D eigenvalue weighted by Crippen LogP contribution is -2.32. The summed E-state index contributed by atoms with van der Waals surface area (Å²) in [7, 11) is -3.98. The molecule has 0 saturated heterocycles. The predicted octanol–water partition coefficient (Wildman–Crippen LogP) is 2.70. The first-order valence-electron chi connectivity index (χ1n) is 8.24. The molecule has 2 aromatic rings. The number of nitrogens with two attached hydrogens (primary N) is 2. The molecule has 7 nitrogen and oxygen atoms in total. The molecule has 0 unspecified atom stereocenters. The number of benzene rings is 2. The molecular weight excluding hydrogens is 366 g/mol. The van der Waals surface area contributed by atoms with E-state index in [-0.39, 0.29) is 33.2 Å². The van der Waals surface area contributed by atoms with Gasteiger partial charge >= 0.3 is 0 Å². The van der Waals surface area contributed by atoms with Crippen LogP contribution in [0.3, 0.4) is 0 Å². The van der Waals surface area contributed by atoms with Gasteiger partial charge in [-0.2, -0.15) is 0 Å². The van der Waals surface area contributed by atoms with Gasteiger partial charge in [0.05, 0.1) is 10.6 Å². The number of nitrogens with zero attached hydrogens (tertiary/aromatic N) is 1. The number of sulfone groups is 1. The van der Waals surface area contributed by atoms with Crippen molar-refractivity contribution in [2.24, 2.45) is 11.6 Å². The topological polar surface area (TPSA) is 130 Å². The maximum absolute atomic E-state index is 12.8. The van der Waals surface area contributed by atoms with E-state index in [0.717, 1.165) is 10.6 Å². The van der Waals surface area contributed by atoms with Gasteiger partial charge < -0.3 is 15.9 Å². The summed E-state index contributed by atoms with van der Waals surface area (Å²) in [6, 6.07) is 10.2. The molecule has 0 heterocycles. The number of phenolic OH excluding ortho intramolecular Hbond substituents is 2. The van der Waals surface area contributed by atoms with E-state index in [9.17, 15) is 18.6 Å². The first kappa shape index (κ1) is 20.6. The second kappa shape index (κ2) is 7.13. The summed E-state index contributed by atoms with van der Waals surface area (Å²) in [6.07, 6.45) is 0. The molecule has 0 atom stereocenters. The molecule has 0 fully saturated rings. The SMILES string of the molecule is C/C(=C(/N)S(=O)(=O)c1ccc(C(C)(C)C)cc1)N(N)c1cc(O)ccc1O. The van der Waals surface area contributed by atoms with Crippen LogP contribution < -0.4 is 16.6 Å². The Kier molecular flexibility index (Phi) is 5.44. The van der Waals surface area contributed by atoms with Gasteiger partial charge in [-0.25, -0.2) is 14.3 Å². The second-order valence-corrected chi connectivity index (χ2v) is 9.19. The Labute approximate surface area is 159 Å². The summed E-state index contributed by atoms with van der Waals surface area (Å²) in [4.78, 5) is 0.0425. The number of hydrazine groups is 1. The molecule has 0 aliphatic carbocycles. The fraction of sp³-hybridized carbons (Fsp3) is 0.263. The number of phenols is 2. The average Bonchev–Trinajstić information content (AvgIpc) is 2.61. The fourth-order valence-corrected chi connectivity index (χ4v) is 3.70. The van der Waals surface area contributed by atoms with Crippen LogP contribution in [-0.4, -0.2) is 18.6 Å². The minimum atomic E-state index is -3.98. The van der Waals surface area contributed by atoms with Crippen molar-refractivity contribution in [3.05, 3.63) is 58.8 Å². The Morgan fingerprint density at radius 2 is 1.59 bits per heavy atom. The van der Waals surface area contributed by atoms with E-state index in [1.807, 2.05) is 20.8 Å². The lowest BCUT2D eigenvalue weighted by Gasteiger charge is -2.22. The van der Waals surface area contributed by atoms with E-state index in [2.05, 4.69) is 0 Å². The quantitative estimate of drug-likeness (QED) is 0.358. The van der Waals surface area contributed by atoms with Gasteiger partial charge in [0.25, 0.3) is 0 Å². The Bertz CT molecular complexity index is 975. The Morgan fingerprint density at radius 3 is 2.11 bits per heavy atom. The van der Waals surface area contributed by atoms with Gasteiger partial charge in [0, 0.05) is 6.07 Å². The molecule has 0 aromatic heterocycles. The minimum Gasteiger partial charge on any atom is -0.508 e. The highest BCUT2D eigenvalue weighted by atomic mass is 32.2. The maximum atomic E-state index is 12.8. The zero-order valence-electron chi connectivity index (χ0n) is 15.8. The van der Waals surface area contributed by atoms with Crippen LogP contribution in [0.4, 0.5) is 5.69 Å². The molecule has 0 saturated carbocycles. The normalized spacial score (nSPS) is 13.2. The first-order valence-corrected chi connectivity index (χ1v) is 9.73. The smallest absolute Gasteiger partial charge is 0.223 e. The average molecular weight is 391 g/mol. The van der Waals surface area contributed by atoms with Gasteiger partial charge in [0.2, 0.25) is 9.84 Å². The van der Waals surface area contributed by atoms with Crippen molar-refractivity contribution in [2.45, 2.75) is 38.0 Å². The van der Waals surface area contributed by atoms with Crippen LogP contribution in [0, 0.1) is 0 Å². The van der Waals surface area contributed by atoms with E-state index < -0.39 is 14.9 Å². The van der Waals surface area contributed by atoms with Crippen molar-refractivity contribution in [2.75, 3.05) is 5.01 Å². The van der Waals surface area contributed by atoms with Crippen LogP contribution in [0.5, 0.6) is 11.5 Å². The third-order valence-corrected chi connectivity index (χ3v) is 6.02. The second-order valence-electron chi connectivity index (χ2n) is 7.27. The largest absolute Gasteiger partial charge is 0.508 e. The molecular formula is C19H25N3O4S. The minimum absolute atomic E-state index is 0.01000. The van der Waals surface area contributed by atoms with Gasteiger partial charge in [-0.3, -0.25) is 5.01 Å². The van der Waals surface area contributed by atoms with Gasteiger partial charge in [0.1, 0.15) is 17.2 Å². The van der Waals surface area contributed by atoms with Crippen LogP contribution in [0.1, 0.15) is 33.3 Å². The van der Waals surface area contributed by atoms with Crippen molar-refractivity contribution < 1.29 is 18.6 Å².